The molecule has 0 aliphatic carbocycles. The Morgan fingerprint density at radius 3 is 2.67 bits per heavy atom. The first kappa shape index (κ1) is 14.6. The van der Waals surface area contributed by atoms with Crippen LogP contribution in [0.25, 0.3) is 0 Å². The van der Waals surface area contributed by atoms with E-state index in [0.717, 1.165) is 0 Å². The molecule has 7 heteroatoms. The highest BCUT2D eigenvalue weighted by Gasteiger charge is 2.29. The number of nitrogen functional groups attached to an aromatic ring is 1. The summed E-state index contributed by atoms with van der Waals surface area (Å²) in [5, 5.41) is 29.2. The molecule has 1 aromatic carbocycles. The summed E-state index contributed by atoms with van der Waals surface area (Å²) in [7, 11) is 0. The lowest BCUT2D eigenvalue weighted by Gasteiger charge is -2.18. The van der Waals surface area contributed by atoms with Crippen LogP contribution in [0.5, 0.6) is 5.75 Å². The Kier molecular flexibility index (Phi) is 4.77. The number of ether oxygens (including phenoxy) is 1. The minimum absolute atomic E-state index is 0.0618. The SMILES string of the molecule is CCOC(=O)C(O)C(O)c1cc(Cl)cc(N)c1O. The average Bonchev–Trinajstić information content (AvgIpc) is 2.32. The summed E-state index contributed by atoms with van der Waals surface area (Å²) in [6.45, 7) is 1.62. The third kappa shape index (κ3) is 3.04. The van der Waals surface area contributed by atoms with Crippen LogP contribution in [-0.2, 0) is 9.53 Å². The van der Waals surface area contributed by atoms with Gasteiger partial charge < -0.3 is 25.8 Å². The average molecular weight is 276 g/mol. The molecule has 6 nitrogen and oxygen atoms in total. The molecule has 2 unspecified atom stereocenters. The van der Waals surface area contributed by atoms with Gasteiger partial charge in [-0.1, -0.05) is 11.6 Å². The summed E-state index contributed by atoms with van der Waals surface area (Å²) in [5.41, 5.74) is 5.25. The number of phenols is 1. The van der Waals surface area contributed by atoms with Crippen LogP contribution < -0.4 is 5.73 Å². The van der Waals surface area contributed by atoms with Gasteiger partial charge in [0.15, 0.2) is 6.10 Å². The molecule has 0 heterocycles. The first-order valence-electron chi connectivity index (χ1n) is 5.19. The molecule has 0 amide bonds. The van der Waals surface area contributed by atoms with Crippen molar-refractivity contribution in [2.75, 3.05) is 12.3 Å². The predicted octanol–water partition coefficient (Wildman–Crippen LogP) is 0.585. The Bertz CT molecular complexity index is 451. The van der Waals surface area contributed by atoms with Crippen LogP contribution in [0.4, 0.5) is 5.69 Å². The molecule has 0 bridgehead atoms. The van der Waals surface area contributed by atoms with E-state index in [2.05, 4.69) is 4.74 Å². The van der Waals surface area contributed by atoms with Crippen molar-refractivity contribution in [3.05, 3.63) is 22.7 Å². The Balaban J connectivity index is 3.03. The molecule has 2 atom stereocenters. The van der Waals surface area contributed by atoms with Gasteiger partial charge >= 0.3 is 5.97 Å². The number of anilines is 1. The predicted molar refractivity (Wildman–Crippen MR) is 65.1 cm³/mol. The quantitative estimate of drug-likeness (QED) is 0.363. The molecule has 1 aromatic rings. The fraction of sp³-hybridized carbons (Fsp3) is 0.364. The molecule has 0 fully saturated rings. The summed E-state index contributed by atoms with van der Waals surface area (Å²) in [6, 6.07) is 2.49. The van der Waals surface area contributed by atoms with Gasteiger partial charge in [-0.05, 0) is 19.1 Å². The third-order valence-corrected chi connectivity index (χ3v) is 2.50. The fourth-order valence-electron chi connectivity index (χ4n) is 1.39. The van der Waals surface area contributed by atoms with Crippen LogP contribution >= 0.6 is 11.6 Å². The number of halogens is 1. The second-order valence-electron chi connectivity index (χ2n) is 3.57. The van der Waals surface area contributed by atoms with Crippen LogP contribution in [0.1, 0.15) is 18.6 Å². The lowest BCUT2D eigenvalue weighted by molar-refractivity contribution is -0.159. The molecule has 0 aromatic heterocycles. The summed E-state index contributed by atoms with van der Waals surface area (Å²) in [6.07, 6.45) is -3.50. The molecule has 0 aliphatic rings. The highest BCUT2D eigenvalue weighted by Crippen LogP contribution is 2.34. The van der Waals surface area contributed by atoms with E-state index in [1.165, 1.54) is 12.1 Å². The van der Waals surface area contributed by atoms with Crippen LogP contribution in [-0.4, -0.2) is 34.0 Å². The Morgan fingerprint density at radius 1 is 1.50 bits per heavy atom. The number of nitrogens with two attached hydrogens (primary N) is 1. The van der Waals surface area contributed by atoms with Crippen LogP contribution in [0, 0.1) is 0 Å². The number of aliphatic hydroxyl groups is 2. The summed E-state index contributed by atoms with van der Waals surface area (Å²) < 4.78 is 4.55. The van der Waals surface area contributed by atoms with Gasteiger partial charge in [-0.3, -0.25) is 0 Å². The Morgan fingerprint density at radius 2 is 2.11 bits per heavy atom. The molecule has 0 aliphatic heterocycles. The molecule has 5 N–H and O–H groups in total. The van der Waals surface area contributed by atoms with Gasteiger partial charge in [-0.25, -0.2) is 4.79 Å². The smallest absolute Gasteiger partial charge is 0.338 e. The van der Waals surface area contributed by atoms with Crippen molar-refractivity contribution >= 4 is 23.3 Å². The van der Waals surface area contributed by atoms with E-state index in [4.69, 9.17) is 17.3 Å². The number of aromatic hydroxyl groups is 1. The zero-order chi connectivity index (χ0) is 13.9. The van der Waals surface area contributed by atoms with Crippen molar-refractivity contribution in [1.29, 1.82) is 0 Å². The molecule has 0 radical (unpaired) electrons. The minimum atomic E-state index is -1.83. The van der Waals surface area contributed by atoms with E-state index in [1.54, 1.807) is 6.92 Å². The molecule has 18 heavy (non-hydrogen) atoms. The van der Waals surface area contributed by atoms with Gasteiger partial charge in [0.2, 0.25) is 0 Å². The van der Waals surface area contributed by atoms with Crippen molar-refractivity contribution in [3.63, 3.8) is 0 Å². The van der Waals surface area contributed by atoms with Crippen LogP contribution in [0.15, 0.2) is 12.1 Å². The van der Waals surface area contributed by atoms with Crippen LogP contribution in [0.2, 0.25) is 5.02 Å². The minimum Gasteiger partial charge on any atom is -0.505 e. The number of esters is 1. The van der Waals surface area contributed by atoms with E-state index < -0.39 is 23.9 Å². The summed E-state index contributed by atoms with van der Waals surface area (Å²) in [4.78, 5) is 11.3. The standard InChI is InChI=1S/C11H14ClNO5/c1-2-18-11(17)10(16)9(15)6-3-5(12)4-7(13)8(6)14/h3-4,9-10,14-16H,2,13H2,1H3. The summed E-state index contributed by atoms with van der Waals surface area (Å²) in [5.74, 6) is -1.43. The molecule has 100 valence electrons. The lowest BCUT2D eigenvalue weighted by Crippen LogP contribution is -2.30. The van der Waals surface area contributed by atoms with Crippen molar-refractivity contribution in [2.24, 2.45) is 0 Å². The second kappa shape index (κ2) is 5.90. The number of carbonyl (C=O) groups is 1. The van der Waals surface area contributed by atoms with E-state index in [-0.39, 0.29) is 22.9 Å². The van der Waals surface area contributed by atoms with Gasteiger partial charge in [0.05, 0.1) is 12.3 Å². The number of rotatable bonds is 4. The van der Waals surface area contributed by atoms with Crippen molar-refractivity contribution in [1.82, 2.24) is 0 Å². The molecular weight excluding hydrogens is 262 g/mol. The Labute approximate surface area is 109 Å². The van der Waals surface area contributed by atoms with Gasteiger partial charge in [0.25, 0.3) is 0 Å². The van der Waals surface area contributed by atoms with E-state index in [9.17, 15) is 20.1 Å². The zero-order valence-corrected chi connectivity index (χ0v) is 10.4. The first-order chi connectivity index (χ1) is 8.38. The van der Waals surface area contributed by atoms with Gasteiger partial charge in [-0.2, -0.15) is 0 Å². The van der Waals surface area contributed by atoms with E-state index in [1.807, 2.05) is 0 Å². The molecule has 0 saturated carbocycles. The molecule has 0 saturated heterocycles. The van der Waals surface area contributed by atoms with E-state index in [0.29, 0.717) is 0 Å². The molecule has 1 rings (SSSR count). The number of hydrogen-bond acceptors (Lipinski definition) is 6. The Hall–Kier alpha value is -1.50. The highest BCUT2D eigenvalue weighted by molar-refractivity contribution is 6.31. The zero-order valence-electron chi connectivity index (χ0n) is 9.63. The number of hydrogen-bond donors (Lipinski definition) is 4. The molecule has 0 spiro atoms. The second-order valence-corrected chi connectivity index (χ2v) is 4.01. The number of aliphatic hydroxyl groups excluding tert-OH is 2. The maximum Gasteiger partial charge on any atom is 0.338 e. The normalized spacial score (nSPS) is 14.0. The van der Waals surface area contributed by atoms with Crippen molar-refractivity contribution in [3.8, 4) is 5.75 Å². The lowest BCUT2D eigenvalue weighted by atomic mass is 10.0. The first-order valence-corrected chi connectivity index (χ1v) is 5.57. The van der Waals surface area contributed by atoms with E-state index >= 15 is 0 Å². The topological polar surface area (TPSA) is 113 Å². The fourth-order valence-corrected chi connectivity index (χ4v) is 1.63. The maximum absolute atomic E-state index is 11.3. The van der Waals surface area contributed by atoms with Gasteiger partial charge in [-0.15, -0.1) is 0 Å². The summed E-state index contributed by atoms with van der Waals surface area (Å²) >= 11 is 5.71. The largest absolute Gasteiger partial charge is 0.505 e. The third-order valence-electron chi connectivity index (χ3n) is 2.28. The monoisotopic (exact) mass is 275 g/mol. The number of phenolic OH excluding ortho intramolecular Hbond substituents is 1. The van der Waals surface area contributed by atoms with Gasteiger partial charge in [0, 0.05) is 10.6 Å². The van der Waals surface area contributed by atoms with Gasteiger partial charge in [0.1, 0.15) is 11.9 Å². The number of benzene rings is 1. The van der Waals surface area contributed by atoms with Crippen molar-refractivity contribution in [2.45, 2.75) is 19.1 Å². The highest BCUT2D eigenvalue weighted by atomic mass is 35.5. The molecular formula is C11H14ClNO5. The van der Waals surface area contributed by atoms with Crippen molar-refractivity contribution < 1.29 is 24.9 Å². The number of carbonyl (C=O) groups excluding carboxylic acids is 1. The van der Waals surface area contributed by atoms with Crippen LogP contribution in [0.3, 0.4) is 0 Å². The maximum atomic E-state index is 11.3.